The molecule has 0 aliphatic heterocycles. The van der Waals surface area contributed by atoms with Crippen molar-refractivity contribution in [2.24, 2.45) is 0 Å². The average molecular weight is 234 g/mol. The summed E-state index contributed by atoms with van der Waals surface area (Å²) >= 11 is 2.65. The molecule has 0 aliphatic rings. The van der Waals surface area contributed by atoms with E-state index in [1.54, 1.807) is 18.2 Å². The van der Waals surface area contributed by atoms with Gasteiger partial charge in [0.1, 0.15) is 5.82 Å². The molecule has 0 aromatic heterocycles. The Balaban J connectivity index is 0. The van der Waals surface area contributed by atoms with Gasteiger partial charge in [0.2, 0.25) is 0 Å². The Kier molecular flexibility index (Phi) is 9.49. The third kappa shape index (κ3) is 19.0. The molecule has 0 saturated carbocycles. The van der Waals surface area contributed by atoms with Crippen LogP contribution in [0.3, 0.4) is 0 Å². The van der Waals surface area contributed by atoms with E-state index in [0.717, 1.165) is 0 Å². The molecule has 3 nitrogen and oxygen atoms in total. The molecule has 7 heteroatoms. The summed E-state index contributed by atoms with van der Waals surface area (Å²) in [6.45, 7) is 0. The van der Waals surface area contributed by atoms with Gasteiger partial charge in [0.15, 0.2) is 0 Å². The molecule has 1 aromatic rings. The van der Waals surface area contributed by atoms with Crippen LogP contribution in [0.4, 0.5) is 4.39 Å². The summed E-state index contributed by atoms with van der Waals surface area (Å²) in [6.07, 6.45) is 0. The molecular weight excluding hydrogens is 226 g/mol. The Morgan fingerprint density at radius 1 is 1.23 bits per heavy atom. The van der Waals surface area contributed by atoms with Gasteiger partial charge in [0, 0.05) is 0 Å². The van der Waals surface area contributed by atoms with E-state index in [4.69, 9.17) is 13.0 Å². The number of benzene rings is 1. The molecule has 0 fully saturated rings. The van der Waals surface area contributed by atoms with E-state index in [0.29, 0.717) is 0 Å². The number of hydrogen-bond acceptors (Lipinski definition) is 2. The van der Waals surface area contributed by atoms with Gasteiger partial charge in [-0.3, -0.25) is 4.55 Å². The summed E-state index contributed by atoms with van der Waals surface area (Å²) in [4.78, 5) is 0. The molecule has 1 aromatic carbocycles. The van der Waals surface area contributed by atoms with Gasteiger partial charge >= 0.3 is 38.7 Å². The van der Waals surface area contributed by atoms with Crippen molar-refractivity contribution in [1.82, 2.24) is 0 Å². The minimum absolute atomic E-state index is 0. The molecule has 0 bridgehead atoms. The van der Waals surface area contributed by atoms with Gasteiger partial charge in [-0.1, -0.05) is 18.2 Å². The van der Waals surface area contributed by atoms with Gasteiger partial charge < -0.3 is 0 Å². The summed E-state index contributed by atoms with van der Waals surface area (Å²) in [7, 11) is -3.97. The summed E-state index contributed by atoms with van der Waals surface area (Å²) < 4.78 is 37.4. The van der Waals surface area contributed by atoms with Crippen LogP contribution in [0.25, 0.3) is 0 Å². The first kappa shape index (κ1) is 15.9. The van der Waals surface area contributed by atoms with Crippen molar-refractivity contribution in [1.29, 1.82) is 0 Å². The molecule has 0 saturated heterocycles. The first-order valence-electron chi connectivity index (χ1n) is 2.80. The monoisotopic (exact) mass is 234 g/mol. The van der Waals surface area contributed by atoms with Crippen molar-refractivity contribution < 1.29 is 17.4 Å². The van der Waals surface area contributed by atoms with Crippen LogP contribution in [0.1, 0.15) is 0 Å². The first-order valence-corrected chi connectivity index (χ1v) is 5.29. The van der Waals surface area contributed by atoms with Gasteiger partial charge in [-0.2, -0.15) is 8.42 Å². The van der Waals surface area contributed by atoms with Crippen LogP contribution in [-0.2, 0) is 9.15 Å². The molecule has 0 spiro atoms. The molecule has 0 radical (unpaired) electrons. The zero-order valence-corrected chi connectivity index (χ0v) is 7.59. The van der Waals surface area contributed by atoms with Crippen LogP contribution in [0.5, 0.6) is 0 Å². The van der Waals surface area contributed by atoms with Crippen molar-refractivity contribution in [2.45, 2.75) is 0 Å². The number of thiol groups is 1. The average Bonchev–Trinajstić information content (AvgIpc) is 1.85. The second-order valence-corrected chi connectivity index (χ2v) is 4.02. The summed E-state index contributed by atoms with van der Waals surface area (Å²) in [5.74, 6) is -0.178. The van der Waals surface area contributed by atoms with Crippen LogP contribution in [0, 0.1) is 5.82 Å². The SMILES string of the molecule is Fc1ccccc1.O=S(=O)(O)S.[NaH]. The van der Waals surface area contributed by atoms with Crippen molar-refractivity contribution in [3.63, 3.8) is 0 Å². The quantitative estimate of drug-likeness (QED) is 0.303. The van der Waals surface area contributed by atoms with E-state index in [1.165, 1.54) is 12.1 Å². The van der Waals surface area contributed by atoms with Crippen molar-refractivity contribution in [2.75, 3.05) is 0 Å². The van der Waals surface area contributed by atoms with E-state index in [2.05, 4.69) is 11.7 Å². The molecule has 0 amide bonds. The second-order valence-electron chi connectivity index (χ2n) is 1.74. The summed E-state index contributed by atoms with van der Waals surface area (Å²) in [6, 6.07) is 7.94. The maximum atomic E-state index is 11.9. The topological polar surface area (TPSA) is 54.4 Å². The standard InChI is InChI=1S/C6H5F.Na.H2O3S2.H/c7-6-4-2-1-3-5-6;;1-5(2,3)4;/h1-5H;;(H2,1,2,3,4);. The molecule has 0 atom stereocenters. The molecule has 0 unspecified atom stereocenters. The fourth-order valence-electron chi connectivity index (χ4n) is 0.415. The Hall–Kier alpha value is 0.410. The Morgan fingerprint density at radius 3 is 1.69 bits per heavy atom. The van der Waals surface area contributed by atoms with Gasteiger partial charge in [-0.05, 0) is 23.8 Å². The van der Waals surface area contributed by atoms with Gasteiger partial charge in [-0.15, -0.1) is 0 Å². The van der Waals surface area contributed by atoms with E-state index in [-0.39, 0.29) is 35.4 Å². The molecule has 0 aliphatic carbocycles. The van der Waals surface area contributed by atoms with Gasteiger partial charge in [0.05, 0.1) is 0 Å². The zero-order valence-electron chi connectivity index (χ0n) is 5.88. The van der Waals surface area contributed by atoms with Crippen LogP contribution < -0.4 is 0 Å². The number of rotatable bonds is 0. The molecule has 1 N–H and O–H groups in total. The third-order valence-corrected chi connectivity index (χ3v) is 0.733. The van der Waals surface area contributed by atoms with Crippen LogP contribution in [0.15, 0.2) is 30.3 Å². The van der Waals surface area contributed by atoms with E-state index >= 15 is 0 Å². The summed E-state index contributed by atoms with van der Waals surface area (Å²) in [5, 5.41) is 0. The Morgan fingerprint density at radius 2 is 1.54 bits per heavy atom. The predicted molar refractivity (Wildman–Crippen MR) is 54.1 cm³/mol. The van der Waals surface area contributed by atoms with Crippen LogP contribution in [0.2, 0.25) is 0 Å². The molecular formula is C6H8FNaO3S2. The van der Waals surface area contributed by atoms with Crippen molar-refractivity contribution in [3.8, 4) is 0 Å². The zero-order chi connectivity index (χ0) is 9.61. The normalized spacial score (nSPS) is 9.15. The first-order chi connectivity index (χ1) is 5.39. The van der Waals surface area contributed by atoms with Crippen LogP contribution >= 0.6 is 11.7 Å². The predicted octanol–water partition coefficient (Wildman–Crippen LogP) is 0.896. The molecule has 1 rings (SSSR count). The third-order valence-electron chi connectivity index (χ3n) is 0.733. The Labute approximate surface area is 103 Å². The van der Waals surface area contributed by atoms with E-state index in [9.17, 15) is 4.39 Å². The van der Waals surface area contributed by atoms with Crippen LogP contribution in [-0.4, -0.2) is 42.5 Å². The fraction of sp³-hybridized carbons (Fsp3) is 0. The fourth-order valence-corrected chi connectivity index (χ4v) is 0.415. The maximum absolute atomic E-state index is 11.9. The second kappa shape index (κ2) is 7.78. The Bertz CT molecular complexity index is 306. The van der Waals surface area contributed by atoms with Gasteiger partial charge in [-0.25, -0.2) is 4.39 Å². The molecule has 13 heavy (non-hydrogen) atoms. The van der Waals surface area contributed by atoms with Crippen molar-refractivity contribution >= 4 is 50.4 Å². The van der Waals surface area contributed by atoms with E-state index < -0.39 is 9.15 Å². The number of halogens is 1. The minimum atomic E-state index is -3.97. The van der Waals surface area contributed by atoms with Gasteiger partial charge in [0.25, 0.3) is 0 Å². The molecule has 0 heterocycles. The molecule has 70 valence electrons. The van der Waals surface area contributed by atoms with Crippen molar-refractivity contribution in [3.05, 3.63) is 36.1 Å². The summed E-state index contributed by atoms with van der Waals surface area (Å²) in [5.41, 5.74) is 0. The van der Waals surface area contributed by atoms with E-state index in [1.807, 2.05) is 0 Å². The number of hydrogen-bond donors (Lipinski definition) is 2.